The summed E-state index contributed by atoms with van der Waals surface area (Å²) in [4.78, 5) is 0. The lowest BCUT2D eigenvalue weighted by molar-refractivity contribution is 0.538. The van der Waals surface area contributed by atoms with Crippen LogP contribution in [0.15, 0.2) is 0 Å². The van der Waals surface area contributed by atoms with E-state index in [1.807, 2.05) is 0 Å². The van der Waals surface area contributed by atoms with Gasteiger partial charge in [-0.05, 0) is 31.3 Å². The van der Waals surface area contributed by atoms with Gasteiger partial charge in [0.2, 0.25) is 0 Å². The zero-order valence-corrected chi connectivity index (χ0v) is 5.71. The highest BCUT2D eigenvalue weighted by Gasteiger charge is 2.39. The molecule has 3 heteroatoms. The van der Waals surface area contributed by atoms with E-state index in [1.165, 1.54) is 12.8 Å². The van der Waals surface area contributed by atoms with Gasteiger partial charge in [-0.15, -0.1) is 12.4 Å². The molecule has 1 saturated carbocycles. The molecule has 50 valence electrons. The molecule has 0 aromatic rings. The first-order valence-electron chi connectivity index (χ1n) is 2.73. The predicted molar refractivity (Wildman–Crippen MR) is 37.0 cm³/mol. The van der Waals surface area contributed by atoms with E-state index in [4.69, 9.17) is 11.5 Å². The van der Waals surface area contributed by atoms with Gasteiger partial charge < -0.3 is 11.5 Å². The Morgan fingerprint density at radius 3 is 1.50 bits per heavy atom. The fourth-order valence-electron chi connectivity index (χ4n) is 0.668. The van der Waals surface area contributed by atoms with Crippen LogP contribution in [-0.4, -0.2) is 13.1 Å². The molecule has 8 heavy (non-hydrogen) atoms. The summed E-state index contributed by atoms with van der Waals surface area (Å²) in [7, 11) is 0. The van der Waals surface area contributed by atoms with Crippen LogP contribution in [0.25, 0.3) is 0 Å². The van der Waals surface area contributed by atoms with E-state index in [2.05, 4.69) is 0 Å². The third-order valence-electron chi connectivity index (χ3n) is 1.82. The standard InChI is InChI=1S/C5H12N2.ClH/c6-3-5(4-7)1-2-5;/h1-4,6-7H2;1H. The largest absolute Gasteiger partial charge is 0.330 e. The van der Waals surface area contributed by atoms with E-state index < -0.39 is 0 Å². The summed E-state index contributed by atoms with van der Waals surface area (Å²) in [6, 6.07) is 0. The van der Waals surface area contributed by atoms with Crippen molar-refractivity contribution in [2.24, 2.45) is 16.9 Å². The van der Waals surface area contributed by atoms with Crippen molar-refractivity contribution in [2.75, 3.05) is 13.1 Å². The Kier molecular flexibility index (Phi) is 2.74. The minimum absolute atomic E-state index is 0. The zero-order chi connectivity index (χ0) is 5.33. The van der Waals surface area contributed by atoms with Gasteiger partial charge in [-0.2, -0.15) is 0 Å². The molecule has 0 amide bonds. The quantitative estimate of drug-likeness (QED) is 0.566. The fourth-order valence-corrected chi connectivity index (χ4v) is 0.668. The summed E-state index contributed by atoms with van der Waals surface area (Å²) < 4.78 is 0. The van der Waals surface area contributed by atoms with Gasteiger partial charge in [0.25, 0.3) is 0 Å². The molecule has 0 aromatic carbocycles. The summed E-state index contributed by atoms with van der Waals surface area (Å²) in [5.41, 5.74) is 11.2. The van der Waals surface area contributed by atoms with E-state index in [9.17, 15) is 0 Å². The van der Waals surface area contributed by atoms with Crippen LogP contribution >= 0.6 is 12.4 Å². The first-order chi connectivity index (χ1) is 3.33. The number of halogens is 1. The highest BCUT2D eigenvalue weighted by Crippen LogP contribution is 2.42. The highest BCUT2D eigenvalue weighted by molar-refractivity contribution is 5.85. The lowest BCUT2D eigenvalue weighted by atomic mass is 10.1. The predicted octanol–water partition coefficient (Wildman–Crippen LogP) is 0.106. The Balaban J connectivity index is 0.000000490. The van der Waals surface area contributed by atoms with Crippen LogP contribution in [0, 0.1) is 5.41 Å². The topological polar surface area (TPSA) is 52.0 Å². The molecule has 0 radical (unpaired) electrons. The number of hydrogen-bond acceptors (Lipinski definition) is 2. The van der Waals surface area contributed by atoms with Crippen LogP contribution in [0.1, 0.15) is 12.8 Å². The third-order valence-corrected chi connectivity index (χ3v) is 1.82. The Morgan fingerprint density at radius 2 is 1.50 bits per heavy atom. The number of nitrogens with two attached hydrogens (primary N) is 2. The molecule has 0 saturated heterocycles. The lowest BCUT2D eigenvalue weighted by Crippen LogP contribution is -2.24. The Labute approximate surface area is 56.0 Å². The summed E-state index contributed by atoms with van der Waals surface area (Å²) in [5.74, 6) is 0. The molecular weight excluding hydrogens is 124 g/mol. The van der Waals surface area contributed by atoms with Gasteiger partial charge in [-0.1, -0.05) is 0 Å². The van der Waals surface area contributed by atoms with Crippen LogP contribution in [-0.2, 0) is 0 Å². The minimum Gasteiger partial charge on any atom is -0.330 e. The molecule has 0 heterocycles. The Bertz CT molecular complexity index is 64.8. The Hall–Kier alpha value is 0.210. The number of rotatable bonds is 2. The van der Waals surface area contributed by atoms with E-state index in [1.54, 1.807) is 0 Å². The van der Waals surface area contributed by atoms with Crippen molar-refractivity contribution in [3.63, 3.8) is 0 Å². The maximum absolute atomic E-state index is 5.40. The van der Waals surface area contributed by atoms with E-state index in [-0.39, 0.29) is 12.4 Å². The first-order valence-corrected chi connectivity index (χ1v) is 2.73. The van der Waals surface area contributed by atoms with E-state index in [0.717, 1.165) is 13.1 Å². The normalized spacial score (nSPS) is 21.8. The second kappa shape index (κ2) is 2.67. The average molecular weight is 137 g/mol. The highest BCUT2D eigenvalue weighted by atomic mass is 35.5. The Morgan fingerprint density at radius 1 is 1.12 bits per heavy atom. The molecule has 0 atom stereocenters. The molecular formula is C5H13ClN2. The molecule has 1 rings (SSSR count). The minimum atomic E-state index is 0. The van der Waals surface area contributed by atoms with Crippen molar-refractivity contribution in [2.45, 2.75) is 12.8 Å². The van der Waals surface area contributed by atoms with Gasteiger partial charge in [0, 0.05) is 0 Å². The fraction of sp³-hybridized carbons (Fsp3) is 1.00. The maximum Gasteiger partial charge on any atom is -0.000843 e. The smallest absolute Gasteiger partial charge is 0.000843 e. The van der Waals surface area contributed by atoms with Gasteiger partial charge in [-0.3, -0.25) is 0 Å². The van der Waals surface area contributed by atoms with Crippen molar-refractivity contribution in [1.29, 1.82) is 0 Å². The summed E-state index contributed by atoms with van der Waals surface area (Å²) in [6.45, 7) is 1.56. The SMILES string of the molecule is Cl.NCC1(CN)CC1. The van der Waals surface area contributed by atoms with Gasteiger partial charge in [-0.25, -0.2) is 0 Å². The molecule has 1 fully saturated rings. The lowest BCUT2D eigenvalue weighted by Gasteiger charge is -2.04. The number of hydrogen-bond donors (Lipinski definition) is 2. The van der Waals surface area contributed by atoms with Crippen molar-refractivity contribution in [1.82, 2.24) is 0 Å². The molecule has 0 spiro atoms. The van der Waals surface area contributed by atoms with Crippen molar-refractivity contribution in [3.8, 4) is 0 Å². The van der Waals surface area contributed by atoms with Gasteiger partial charge in [0.15, 0.2) is 0 Å². The first kappa shape index (κ1) is 8.21. The van der Waals surface area contributed by atoms with Crippen LogP contribution in [0.3, 0.4) is 0 Å². The summed E-state index contributed by atoms with van der Waals surface area (Å²) in [5, 5.41) is 0. The summed E-state index contributed by atoms with van der Waals surface area (Å²) in [6.07, 6.45) is 2.50. The molecule has 0 aliphatic heterocycles. The molecule has 1 aliphatic rings. The molecule has 4 N–H and O–H groups in total. The maximum atomic E-state index is 5.40. The van der Waals surface area contributed by atoms with Crippen LogP contribution < -0.4 is 11.5 Å². The molecule has 2 nitrogen and oxygen atoms in total. The van der Waals surface area contributed by atoms with Gasteiger partial charge in [0.1, 0.15) is 0 Å². The summed E-state index contributed by atoms with van der Waals surface area (Å²) >= 11 is 0. The monoisotopic (exact) mass is 136 g/mol. The van der Waals surface area contributed by atoms with Gasteiger partial charge >= 0.3 is 0 Å². The molecule has 0 unspecified atom stereocenters. The van der Waals surface area contributed by atoms with E-state index in [0.29, 0.717) is 5.41 Å². The molecule has 0 aromatic heterocycles. The van der Waals surface area contributed by atoms with Crippen LogP contribution in [0.2, 0.25) is 0 Å². The van der Waals surface area contributed by atoms with Crippen LogP contribution in [0.5, 0.6) is 0 Å². The van der Waals surface area contributed by atoms with Crippen LogP contribution in [0.4, 0.5) is 0 Å². The van der Waals surface area contributed by atoms with Crippen molar-refractivity contribution >= 4 is 12.4 Å². The van der Waals surface area contributed by atoms with Crippen molar-refractivity contribution < 1.29 is 0 Å². The van der Waals surface area contributed by atoms with Gasteiger partial charge in [0.05, 0.1) is 0 Å². The second-order valence-electron chi connectivity index (χ2n) is 2.41. The zero-order valence-electron chi connectivity index (χ0n) is 4.89. The second-order valence-corrected chi connectivity index (χ2v) is 2.41. The molecule has 1 aliphatic carbocycles. The van der Waals surface area contributed by atoms with Crippen molar-refractivity contribution in [3.05, 3.63) is 0 Å². The average Bonchev–Trinajstić information content (AvgIpc) is 2.46. The molecule has 0 bridgehead atoms. The van der Waals surface area contributed by atoms with E-state index >= 15 is 0 Å². The third kappa shape index (κ3) is 1.34.